The number of ether oxygens (including phenoxy) is 2. The van der Waals surface area contributed by atoms with Crippen molar-refractivity contribution in [3.8, 4) is 17.0 Å². The fourth-order valence-electron chi connectivity index (χ4n) is 5.08. The van der Waals surface area contributed by atoms with Crippen molar-refractivity contribution in [1.29, 1.82) is 0 Å². The lowest BCUT2D eigenvalue weighted by atomic mass is 9.91. The summed E-state index contributed by atoms with van der Waals surface area (Å²) in [6, 6.07) is 9.69. The van der Waals surface area contributed by atoms with Crippen LogP contribution in [0.25, 0.3) is 11.3 Å². The van der Waals surface area contributed by atoms with Crippen molar-refractivity contribution in [2.45, 2.75) is 77.4 Å². The first kappa shape index (κ1) is 25.2. The summed E-state index contributed by atoms with van der Waals surface area (Å²) in [5.41, 5.74) is 1.10. The van der Waals surface area contributed by atoms with Gasteiger partial charge in [-0.15, -0.1) is 0 Å². The van der Waals surface area contributed by atoms with Crippen molar-refractivity contribution in [1.82, 2.24) is 20.0 Å². The minimum atomic E-state index is -1.02. The number of aromatic nitrogens is 2. The maximum absolute atomic E-state index is 13.7. The van der Waals surface area contributed by atoms with Gasteiger partial charge in [-0.2, -0.15) is 5.10 Å². The van der Waals surface area contributed by atoms with E-state index >= 15 is 0 Å². The van der Waals surface area contributed by atoms with E-state index in [0.717, 1.165) is 37.0 Å². The standard InChI is InChI=1S/C27H38N4O4/c1-4-34-17-9-16-30-25(32)24-18-23(20-12-14-22(15-13-20)35-5-2)29-31(24)19-27(30,3)26(33)28-21-10-7-6-8-11-21/h12-15,18,21H,4-11,16-17,19H2,1-3H3,(H,28,33). The van der Waals surface area contributed by atoms with Crippen LogP contribution >= 0.6 is 0 Å². The number of carbonyl (C=O) groups is 2. The van der Waals surface area contributed by atoms with E-state index in [1.165, 1.54) is 6.42 Å². The third-order valence-corrected chi connectivity index (χ3v) is 7.06. The molecule has 1 aromatic carbocycles. The fraction of sp³-hybridized carbons (Fsp3) is 0.593. The van der Waals surface area contributed by atoms with Gasteiger partial charge in [0, 0.05) is 31.4 Å². The molecule has 2 heterocycles. The predicted molar refractivity (Wildman–Crippen MR) is 134 cm³/mol. The highest BCUT2D eigenvalue weighted by Gasteiger charge is 2.48. The maximum Gasteiger partial charge on any atom is 0.273 e. The van der Waals surface area contributed by atoms with E-state index < -0.39 is 5.54 Å². The first-order valence-electron chi connectivity index (χ1n) is 13.0. The number of benzene rings is 1. The lowest BCUT2D eigenvalue weighted by Crippen LogP contribution is -2.65. The van der Waals surface area contributed by atoms with Crippen LogP contribution in [0, 0.1) is 0 Å². The average molecular weight is 483 g/mol. The molecule has 1 unspecified atom stereocenters. The van der Waals surface area contributed by atoms with Gasteiger partial charge in [0.05, 0.1) is 18.8 Å². The predicted octanol–water partition coefficient (Wildman–Crippen LogP) is 4.04. The normalized spacial score (nSPS) is 20.5. The number of amides is 2. The molecule has 35 heavy (non-hydrogen) atoms. The Hall–Kier alpha value is -2.87. The van der Waals surface area contributed by atoms with Crippen LogP contribution in [-0.2, 0) is 16.1 Å². The van der Waals surface area contributed by atoms with Crippen LogP contribution in [0.1, 0.15) is 69.8 Å². The average Bonchev–Trinajstić information content (AvgIpc) is 3.28. The molecular formula is C27H38N4O4. The molecule has 0 radical (unpaired) electrons. The van der Waals surface area contributed by atoms with Gasteiger partial charge >= 0.3 is 0 Å². The van der Waals surface area contributed by atoms with Crippen molar-refractivity contribution in [3.05, 3.63) is 36.0 Å². The van der Waals surface area contributed by atoms with Crippen LogP contribution in [-0.4, -0.2) is 64.4 Å². The molecule has 1 fully saturated rings. The van der Waals surface area contributed by atoms with Gasteiger partial charge in [0.25, 0.3) is 5.91 Å². The number of nitrogens with one attached hydrogen (secondary N) is 1. The van der Waals surface area contributed by atoms with Gasteiger partial charge in [-0.05, 0) is 70.4 Å². The van der Waals surface area contributed by atoms with Crippen LogP contribution < -0.4 is 10.1 Å². The first-order chi connectivity index (χ1) is 17.0. The summed E-state index contributed by atoms with van der Waals surface area (Å²) >= 11 is 0. The number of nitrogens with zero attached hydrogens (tertiary/aromatic N) is 3. The molecule has 8 nitrogen and oxygen atoms in total. The van der Waals surface area contributed by atoms with Crippen molar-refractivity contribution in [3.63, 3.8) is 0 Å². The highest BCUT2D eigenvalue weighted by atomic mass is 16.5. The van der Waals surface area contributed by atoms with E-state index in [4.69, 9.17) is 14.6 Å². The second kappa shape index (κ2) is 11.2. The summed E-state index contributed by atoms with van der Waals surface area (Å²) in [6.07, 6.45) is 6.15. The molecular weight excluding hydrogens is 444 g/mol. The van der Waals surface area contributed by atoms with Crippen LogP contribution in [0.3, 0.4) is 0 Å². The Bertz CT molecular complexity index is 1010. The summed E-state index contributed by atoms with van der Waals surface area (Å²) in [6.45, 7) is 8.33. The Labute approximate surface area is 208 Å². The molecule has 0 spiro atoms. The topological polar surface area (TPSA) is 85.7 Å². The van der Waals surface area contributed by atoms with E-state index in [1.807, 2.05) is 51.1 Å². The van der Waals surface area contributed by atoms with Crippen molar-refractivity contribution < 1.29 is 19.1 Å². The third kappa shape index (κ3) is 5.53. The number of hydrogen-bond donors (Lipinski definition) is 1. The second-order valence-corrected chi connectivity index (χ2v) is 9.62. The lowest BCUT2D eigenvalue weighted by Gasteiger charge is -2.44. The zero-order valence-electron chi connectivity index (χ0n) is 21.2. The molecule has 4 rings (SSSR count). The number of hydrogen-bond acceptors (Lipinski definition) is 5. The van der Waals surface area contributed by atoms with E-state index in [1.54, 1.807) is 9.58 Å². The second-order valence-electron chi connectivity index (χ2n) is 9.62. The van der Waals surface area contributed by atoms with Crippen LogP contribution in [0.4, 0.5) is 0 Å². The molecule has 1 aliphatic carbocycles. The molecule has 2 amide bonds. The Morgan fingerprint density at radius 2 is 1.89 bits per heavy atom. The van der Waals surface area contributed by atoms with Crippen molar-refractivity contribution >= 4 is 11.8 Å². The zero-order chi connectivity index (χ0) is 24.8. The zero-order valence-corrected chi connectivity index (χ0v) is 21.2. The van der Waals surface area contributed by atoms with Gasteiger partial charge in [0.1, 0.15) is 17.0 Å². The summed E-state index contributed by atoms with van der Waals surface area (Å²) in [5.74, 6) is 0.528. The lowest BCUT2D eigenvalue weighted by molar-refractivity contribution is -0.134. The molecule has 1 aromatic heterocycles. The van der Waals surface area contributed by atoms with E-state index in [-0.39, 0.29) is 17.9 Å². The summed E-state index contributed by atoms with van der Waals surface area (Å²) in [5, 5.41) is 7.99. The van der Waals surface area contributed by atoms with Crippen LogP contribution in [0.5, 0.6) is 5.75 Å². The molecule has 8 heteroatoms. The van der Waals surface area contributed by atoms with Gasteiger partial charge in [0.15, 0.2) is 0 Å². The van der Waals surface area contributed by atoms with E-state index in [0.29, 0.717) is 50.7 Å². The van der Waals surface area contributed by atoms with Gasteiger partial charge in [0.2, 0.25) is 5.91 Å². The number of carbonyl (C=O) groups excluding carboxylic acids is 2. The highest BCUT2D eigenvalue weighted by molar-refractivity contribution is 6.00. The Balaban J connectivity index is 1.60. The Kier molecular flexibility index (Phi) is 8.11. The summed E-state index contributed by atoms with van der Waals surface area (Å²) in [7, 11) is 0. The van der Waals surface area contributed by atoms with Crippen molar-refractivity contribution in [2.75, 3.05) is 26.4 Å². The molecule has 2 aromatic rings. The molecule has 1 N–H and O–H groups in total. The van der Waals surface area contributed by atoms with Gasteiger partial charge in [-0.25, -0.2) is 0 Å². The minimum Gasteiger partial charge on any atom is -0.494 e. The van der Waals surface area contributed by atoms with E-state index in [2.05, 4.69) is 5.32 Å². The monoisotopic (exact) mass is 482 g/mol. The smallest absolute Gasteiger partial charge is 0.273 e. The molecule has 1 aliphatic heterocycles. The summed E-state index contributed by atoms with van der Waals surface area (Å²) < 4.78 is 12.7. The maximum atomic E-state index is 13.7. The minimum absolute atomic E-state index is 0.0991. The SMILES string of the molecule is CCOCCCN1C(=O)c2cc(-c3ccc(OCC)cc3)nn2CC1(C)C(=O)NC1CCCCC1. The molecule has 1 atom stereocenters. The van der Waals surface area contributed by atoms with Crippen molar-refractivity contribution in [2.24, 2.45) is 0 Å². The fourth-order valence-corrected chi connectivity index (χ4v) is 5.08. The number of fused-ring (bicyclic) bond motifs is 1. The largest absolute Gasteiger partial charge is 0.494 e. The Morgan fingerprint density at radius 1 is 1.14 bits per heavy atom. The third-order valence-electron chi connectivity index (χ3n) is 7.06. The molecule has 1 saturated carbocycles. The molecule has 0 saturated heterocycles. The molecule has 0 bridgehead atoms. The van der Waals surface area contributed by atoms with Crippen LogP contribution in [0.15, 0.2) is 30.3 Å². The van der Waals surface area contributed by atoms with Gasteiger partial charge < -0.3 is 19.7 Å². The number of rotatable bonds is 10. The van der Waals surface area contributed by atoms with E-state index in [9.17, 15) is 9.59 Å². The quantitative estimate of drug-likeness (QED) is 0.517. The summed E-state index contributed by atoms with van der Waals surface area (Å²) in [4.78, 5) is 29.1. The molecule has 190 valence electrons. The highest BCUT2D eigenvalue weighted by Crippen LogP contribution is 2.31. The van der Waals surface area contributed by atoms with Gasteiger partial charge in [-0.1, -0.05) is 19.3 Å². The first-order valence-corrected chi connectivity index (χ1v) is 13.0. The Morgan fingerprint density at radius 3 is 2.57 bits per heavy atom. The van der Waals surface area contributed by atoms with Crippen LogP contribution in [0.2, 0.25) is 0 Å². The molecule has 2 aliphatic rings. The van der Waals surface area contributed by atoms with Gasteiger partial charge in [-0.3, -0.25) is 14.3 Å².